The van der Waals surface area contributed by atoms with Gasteiger partial charge < -0.3 is 14.4 Å². The minimum Gasteiger partial charge on any atom is -0.489 e. The van der Waals surface area contributed by atoms with E-state index in [9.17, 15) is 4.79 Å². The van der Waals surface area contributed by atoms with Gasteiger partial charge in [0.25, 0.3) is 5.56 Å². The van der Waals surface area contributed by atoms with Crippen molar-refractivity contribution in [2.24, 2.45) is 0 Å². The quantitative estimate of drug-likeness (QED) is 0.667. The van der Waals surface area contributed by atoms with Crippen LogP contribution in [0.15, 0.2) is 53.3 Å². The Morgan fingerprint density at radius 3 is 2.66 bits per heavy atom. The van der Waals surface area contributed by atoms with Crippen molar-refractivity contribution >= 4 is 0 Å². The van der Waals surface area contributed by atoms with E-state index < -0.39 is 0 Å². The molecule has 1 aromatic heterocycles. The maximum Gasteiger partial charge on any atom is 0.271 e. The summed E-state index contributed by atoms with van der Waals surface area (Å²) >= 11 is 0. The summed E-state index contributed by atoms with van der Waals surface area (Å²) in [5, 5.41) is 4.67. The third kappa shape index (κ3) is 4.03. The Balaban J connectivity index is 1.66. The molecule has 2 heterocycles. The second-order valence-corrected chi connectivity index (χ2v) is 7.74. The van der Waals surface area contributed by atoms with E-state index in [4.69, 9.17) is 9.47 Å². The number of aryl methyl sites for hydroxylation is 1. The van der Waals surface area contributed by atoms with E-state index in [1.54, 1.807) is 6.07 Å². The van der Waals surface area contributed by atoms with Crippen LogP contribution in [0.25, 0.3) is 16.9 Å². The lowest BCUT2D eigenvalue weighted by Crippen LogP contribution is -2.28. The first-order valence-corrected chi connectivity index (χ1v) is 9.69. The van der Waals surface area contributed by atoms with Crippen LogP contribution in [0.2, 0.25) is 0 Å². The zero-order valence-electron chi connectivity index (χ0n) is 17.2. The van der Waals surface area contributed by atoms with E-state index in [2.05, 4.69) is 10.00 Å². The predicted molar refractivity (Wildman–Crippen MR) is 113 cm³/mol. The van der Waals surface area contributed by atoms with Gasteiger partial charge >= 0.3 is 0 Å². The van der Waals surface area contributed by atoms with E-state index in [0.29, 0.717) is 12.3 Å². The molecular formula is C23H25N3O3. The maximum atomic E-state index is 12.7. The summed E-state index contributed by atoms with van der Waals surface area (Å²) in [6, 6.07) is 15.1. The molecule has 0 fully saturated rings. The number of ether oxygens (including phenoxy) is 2. The summed E-state index contributed by atoms with van der Waals surface area (Å²) in [5.41, 5.74) is 4.14. The van der Waals surface area contributed by atoms with Crippen LogP contribution >= 0.6 is 0 Å². The molecule has 0 saturated heterocycles. The highest BCUT2D eigenvalue weighted by atomic mass is 16.5. The van der Waals surface area contributed by atoms with E-state index in [-0.39, 0.29) is 11.7 Å². The van der Waals surface area contributed by atoms with Crippen LogP contribution in [0.5, 0.6) is 11.5 Å². The molecule has 0 amide bonds. The van der Waals surface area contributed by atoms with Gasteiger partial charge in [-0.3, -0.25) is 4.79 Å². The highest BCUT2D eigenvalue weighted by Crippen LogP contribution is 2.36. The highest BCUT2D eigenvalue weighted by Gasteiger charge is 2.21. The first-order chi connectivity index (χ1) is 13.9. The second kappa shape index (κ2) is 7.72. The average molecular weight is 391 g/mol. The Morgan fingerprint density at radius 1 is 1.17 bits per heavy atom. The van der Waals surface area contributed by atoms with Gasteiger partial charge in [-0.1, -0.05) is 11.6 Å². The largest absolute Gasteiger partial charge is 0.489 e. The van der Waals surface area contributed by atoms with Crippen LogP contribution in [0.4, 0.5) is 0 Å². The molecule has 6 nitrogen and oxygen atoms in total. The highest BCUT2D eigenvalue weighted by molar-refractivity contribution is 5.72. The monoisotopic (exact) mass is 391 g/mol. The molecule has 6 heteroatoms. The molecule has 3 aromatic rings. The van der Waals surface area contributed by atoms with Crippen molar-refractivity contribution in [2.75, 3.05) is 20.6 Å². The van der Waals surface area contributed by atoms with Crippen molar-refractivity contribution in [2.45, 2.75) is 26.6 Å². The molecule has 1 atom stereocenters. The molecule has 0 spiro atoms. The fourth-order valence-corrected chi connectivity index (χ4v) is 3.57. The molecule has 0 radical (unpaired) electrons. The Kier molecular flexibility index (Phi) is 5.11. The molecule has 4 rings (SSSR count). The topological polar surface area (TPSA) is 56.6 Å². The van der Waals surface area contributed by atoms with Gasteiger partial charge in [0.15, 0.2) is 0 Å². The molecule has 1 aliphatic heterocycles. The van der Waals surface area contributed by atoms with Gasteiger partial charge in [-0.15, -0.1) is 0 Å². The number of fused-ring (bicyclic) bond motifs is 3. The fourth-order valence-electron chi connectivity index (χ4n) is 3.57. The van der Waals surface area contributed by atoms with Crippen molar-refractivity contribution in [3.8, 4) is 28.4 Å². The molecule has 29 heavy (non-hydrogen) atoms. The van der Waals surface area contributed by atoms with Crippen LogP contribution < -0.4 is 15.0 Å². The second-order valence-electron chi connectivity index (χ2n) is 7.74. The van der Waals surface area contributed by atoms with Crippen molar-refractivity contribution < 1.29 is 9.47 Å². The molecule has 150 valence electrons. The Labute approximate surface area is 170 Å². The Morgan fingerprint density at radius 2 is 1.93 bits per heavy atom. The molecule has 2 aromatic carbocycles. The summed E-state index contributed by atoms with van der Waals surface area (Å²) < 4.78 is 13.1. The van der Waals surface area contributed by atoms with Crippen molar-refractivity contribution in [1.29, 1.82) is 0 Å². The van der Waals surface area contributed by atoms with Crippen LogP contribution in [0.1, 0.15) is 18.1 Å². The molecular weight excluding hydrogens is 366 g/mol. The van der Waals surface area contributed by atoms with E-state index in [1.165, 1.54) is 4.68 Å². The normalized spacial score (nSPS) is 13.4. The number of aromatic nitrogens is 2. The standard InChI is InChI=1S/C23H25N3O3/c1-15-5-10-21-20(11-15)23-17(14-28-21)12-22(27)26(24-23)18-6-8-19(9-7-18)29-16(2)13-25(3)4/h5-12,16H,13-14H2,1-4H3. The molecule has 0 N–H and O–H groups in total. The summed E-state index contributed by atoms with van der Waals surface area (Å²) in [4.78, 5) is 14.7. The van der Waals surface area contributed by atoms with E-state index in [0.717, 1.165) is 40.4 Å². The van der Waals surface area contributed by atoms with E-state index in [1.807, 2.05) is 70.4 Å². The van der Waals surface area contributed by atoms with Gasteiger partial charge in [0.05, 0.1) is 5.69 Å². The lowest BCUT2D eigenvalue weighted by molar-refractivity contribution is 0.177. The summed E-state index contributed by atoms with van der Waals surface area (Å²) in [7, 11) is 4.03. The molecule has 0 aliphatic carbocycles. The smallest absolute Gasteiger partial charge is 0.271 e. The third-order valence-corrected chi connectivity index (χ3v) is 4.82. The summed E-state index contributed by atoms with van der Waals surface area (Å²) in [5.74, 6) is 1.56. The third-order valence-electron chi connectivity index (χ3n) is 4.82. The predicted octanol–water partition coefficient (Wildman–Crippen LogP) is 3.43. The first kappa shape index (κ1) is 19.2. The van der Waals surface area contributed by atoms with Crippen LogP contribution in [-0.4, -0.2) is 41.4 Å². The van der Waals surface area contributed by atoms with Crippen molar-refractivity contribution in [1.82, 2.24) is 14.7 Å². The van der Waals surface area contributed by atoms with Crippen LogP contribution in [0, 0.1) is 6.92 Å². The SMILES string of the molecule is Cc1ccc2c(c1)-c1nn(-c3ccc(OC(C)CN(C)C)cc3)c(=O)cc1CO2. The van der Waals surface area contributed by atoms with Crippen molar-refractivity contribution in [3.05, 3.63) is 70.0 Å². The molecule has 1 aliphatic rings. The maximum absolute atomic E-state index is 12.7. The van der Waals surface area contributed by atoms with Crippen LogP contribution in [-0.2, 0) is 6.61 Å². The van der Waals surface area contributed by atoms with E-state index >= 15 is 0 Å². The van der Waals surface area contributed by atoms with Gasteiger partial charge in [-0.2, -0.15) is 9.78 Å². The molecule has 1 unspecified atom stereocenters. The van der Waals surface area contributed by atoms with Gasteiger partial charge in [0.1, 0.15) is 29.9 Å². The Hall–Kier alpha value is -3.12. The Bertz CT molecular complexity index is 1090. The zero-order chi connectivity index (χ0) is 20.5. The first-order valence-electron chi connectivity index (χ1n) is 9.69. The number of likely N-dealkylation sites (N-methyl/N-ethyl adjacent to an activating group) is 1. The number of hydrogen-bond acceptors (Lipinski definition) is 5. The van der Waals surface area contributed by atoms with Gasteiger partial charge in [0.2, 0.25) is 0 Å². The number of nitrogens with zero attached hydrogens (tertiary/aromatic N) is 3. The van der Waals surface area contributed by atoms with Crippen LogP contribution in [0.3, 0.4) is 0 Å². The minimum atomic E-state index is -0.182. The summed E-state index contributed by atoms with van der Waals surface area (Å²) in [6.45, 7) is 5.24. The molecule has 0 bridgehead atoms. The van der Waals surface area contributed by atoms with Crippen molar-refractivity contribution in [3.63, 3.8) is 0 Å². The lowest BCUT2D eigenvalue weighted by atomic mass is 10.0. The molecule has 0 saturated carbocycles. The van der Waals surface area contributed by atoms with Gasteiger partial charge in [0, 0.05) is 23.7 Å². The number of benzene rings is 2. The summed E-state index contributed by atoms with van der Waals surface area (Å²) in [6.07, 6.45) is 0.0696. The van der Waals surface area contributed by atoms with Gasteiger partial charge in [-0.25, -0.2) is 0 Å². The van der Waals surface area contributed by atoms with Gasteiger partial charge in [-0.05, 0) is 64.3 Å². The average Bonchev–Trinajstić information content (AvgIpc) is 2.67. The fraction of sp³-hybridized carbons (Fsp3) is 0.304. The minimum absolute atomic E-state index is 0.0696. The number of rotatable bonds is 5. The number of hydrogen-bond donors (Lipinski definition) is 0. The zero-order valence-corrected chi connectivity index (χ0v) is 17.2. The lowest BCUT2D eigenvalue weighted by Gasteiger charge is -2.21.